The van der Waals surface area contributed by atoms with Gasteiger partial charge >= 0.3 is 6.18 Å². The highest BCUT2D eigenvalue weighted by atomic mass is 35.5. The van der Waals surface area contributed by atoms with Crippen LogP contribution in [-0.4, -0.2) is 42.5 Å². The number of nitriles is 1. The van der Waals surface area contributed by atoms with Gasteiger partial charge < -0.3 is 10.6 Å². The number of rotatable bonds is 7. The minimum atomic E-state index is -4.50. The second kappa shape index (κ2) is 10.7. The first kappa shape index (κ1) is 25.3. The van der Waals surface area contributed by atoms with Crippen molar-refractivity contribution in [3.63, 3.8) is 0 Å². The van der Waals surface area contributed by atoms with E-state index in [0.717, 1.165) is 24.3 Å². The molecule has 2 amide bonds. The van der Waals surface area contributed by atoms with E-state index in [1.165, 1.54) is 17.1 Å². The maximum atomic E-state index is 12.7. The van der Waals surface area contributed by atoms with Crippen molar-refractivity contribution < 1.29 is 22.8 Å². The third-order valence-electron chi connectivity index (χ3n) is 4.82. The summed E-state index contributed by atoms with van der Waals surface area (Å²) in [6.07, 6.45) is -4.50. The molecule has 1 aliphatic rings. The summed E-state index contributed by atoms with van der Waals surface area (Å²) in [6.45, 7) is 0.532. The van der Waals surface area contributed by atoms with Gasteiger partial charge in [-0.05, 0) is 35.9 Å². The predicted octanol–water partition coefficient (Wildman–Crippen LogP) is 4.17. The van der Waals surface area contributed by atoms with Gasteiger partial charge in [-0.25, -0.2) is 0 Å². The number of nitrogens with one attached hydrogen (secondary N) is 2. The van der Waals surface area contributed by atoms with Crippen molar-refractivity contribution in [3.05, 3.63) is 69.2 Å². The van der Waals surface area contributed by atoms with E-state index in [2.05, 4.69) is 21.0 Å². The third-order valence-corrected chi connectivity index (χ3v) is 5.38. The molecule has 0 fully saturated rings. The number of hydrogen-bond acceptors (Lipinski definition) is 6. The van der Waals surface area contributed by atoms with E-state index in [-0.39, 0.29) is 35.8 Å². The molecule has 34 heavy (non-hydrogen) atoms. The maximum Gasteiger partial charge on any atom is 0.416 e. The molecule has 0 bridgehead atoms. The van der Waals surface area contributed by atoms with Gasteiger partial charge in [-0.1, -0.05) is 40.6 Å². The Labute approximate surface area is 202 Å². The van der Waals surface area contributed by atoms with Crippen LogP contribution in [0, 0.1) is 11.3 Å². The molecule has 8 nitrogen and oxygen atoms in total. The number of hydrogen-bond donors (Lipinski definition) is 2. The molecule has 178 valence electrons. The number of carbonyl (C=O) groups is 2. The average molecular weight is 513 g/mol. The molecule has 1 heterocycles. The van der Waals surface area contributed by atoms with Gasteiger partial charge in [0.2, 0.25) is 5.91 Å². The summed E-state index contributed by atoms with van der Waals surface area (Å²) < 4.78 is 38.1. The van der Waals surface area contributed by atoms with Crippen LogP contribution in [0.4, 0.5) is 13.2 Å². The van der Waals surface area contributed by atoms with Crippen LogP contribution >= 0.6 is 23.2 Å². The van der Waals surface area contributed by atoms with Crippen LogP contribution in [0.25, 0.3) is 0 Å². The van der Waals surface area contributed by atoms with Crippen molar-refractivity contribution in [3.8, 4) is 6.07 Å². The molecule has 1 aliphatic heterocycles. The van der Waals surface area contributed by atoms with Crippen LogP contribution in [0.1, 0.15) is 27.5 Å². The van der Waals surface area contributed by atoms with Crippen LogP contribution < -0.4 is 10.6 Å². The Hall–Kier alpha value is -3.36. The fourth-order valence-electron chi connectivity index (χ4n) is 3.04. The molecule has 2 aromatic rings. The number of nitrogens with zero attached hydrogens (tertiary/aromatic N) is 4. The number of amides is 2. The molecule has 0 radical (unpaired) electrons. The lowest BCUT2D eigenvalue weighted by molar-refractivity contribution is -0.137. The van der Waals surface area contributed by atoms with Crippen LogP contribution in [0.5, 0.6) is 0 Å². The minimum absolute atomic E-state index is 0.102. The molecular formula is C21H17Cl2F3N6O2. The zero-order valence-electron chi connectivity index (χ0n) is 17.3. The Morgan fingerprint density at radius 1 is 1.21 bits per heavy atom. The summed E-state index contributed by atoms with van der Waals surface area (Å²) in [5, 5.41) is 24.3. The molecule has 0 saturated heterocycles. The monoisotopic (exact) mass is 512 g/mol. The van der Waals surface area contributed by atoms with Crippen molar-refractivity contribution in [1.29, 1.82) is 5.26 Å². The summed E-state index contributed by atoms with van der Waals surface area (Å²) in [7, 11) is 0. The highest BCUT2D eigenvalue weighted by molar-refractivity contribution is 6.35. The van der Waals surface area contributed by atoms with Crippen LogP contribution in [0.15, 0.2) is 52.8 Å². The smallest absolute Gasteiger partial charge is 0.350 e. The van der Waals surface area contributed by atoms with Gasteiger partial charge in [-0.2, -0.15) is 23.5 Å². The summed E-state index contributed by atoms with van der Waals surface area (Å²) in [4.78, 5) is 24.7. The largest absolute Gasteiger partial charge is 0.416 e. The van der Waals surface area contributed by atoms with E-state index in [9.17, 15) is 28.0 Å². The first-order chi connectivity index (χ1) is 16.1. The topological polar surface area (TPSA) is 110 Å². The highest BCUT2D eigenvalue weighted by Gasteiger charge is 2.31. The Morgan fingerprint density at radius 3 is 2.56 bits per heavy atom. The SMILES string of the molecule is N#CC(NC(=O)C1CN(CCNC(=O)c2cc(Cl)ccc2Cl)N=N1)c1ccc(C(F)(F)F)cc1. The van der Waals surface area contributed by atoms with E-state index in [0.29, 0.717) is 5.02 Å². The second-order valence-corrected chi connectivity index (χ2v) is 8.05. The molecule has 0 aliphatic carbocycles. The molecule has 2 atom stereocenters. The molecule has 2 unspecified atom stereocenters. The van der Waals surface area contributed by atoms with Gasteiger partial charge in [0.15, 0.2) is 6.04 Å². The average Bonchev–Trinajstić information content (AvgIpc) is 3.27. The summed E-state index contributed by atoms with van der Waals surface area (Å²) in [5.74, 6) is -1.03. The summed E-state index contributed by atoms with van der Waals surface area (Å²) >= 11 is 11.9. The van der Waals surface area contributed by atoms with Crippen molar-refractivity contribution >= 4 is 35.0 Å². The lowest BCUT2D eigenvalue weighted by atomic mass is 10.0. The van der Waals surface area contributed by atoms with Gasteiger partial charge in [0, 0.05) is 11.6 Å². The van der Waals surface area contributed by atoms with Gasteiger partial charge in [-0.3, -0.25) is 14.6 Å². The first-order valence-electron chi connectivity index (χ1n) is 9.84. The third kappa shape index (κ3) is 6.36. The number of benzene rings is 2. The zero-order chi connectivity index (χ0) is 24.9. The summed E-state index contributed by atoms with van der Waals surface area (Å²) in [5.41, 5.74) is -0.428. The van der Waals surface area contributed by atoms with Gasteiger partial charge in [0.25, 0.3) is 5.91 Å². The molecule has 0 aromatic heterocycles. The molecular weight excluding hydrogens is 496 g/mol. The minimum Gasteiger partial charge on any atom is -0.350 e. The van der Waals surface area contributed by atoms with E-state index in [1.54, 1.807) is 6.07 Å². The van der Waals surface area contributed by atoms with E-state index >= 15 is 0 Å². The normalized spacial score (nSPS) is 16.1. The highest BCUT2D eigenvalue weighted by Crippen LogP contribution is 2.30. The van der Waals surface area contributed by atoms with E-state index < -0.39 is 35.6 Å². The molecule has 3 rings (SSSR count). The van der Waals surface area contributed by atoms with Crippen molar-refractivity contribution in [2.45, 2.75) is 18.3 Å². The fourth-order valence-corrected chi connectivity index (χ4v) is 3.41. The fraction of sp³-hybridized carbons (Fsp3) is 0.286. The quantitative estimate of drug-likeness (QED) is 0.579. The lowest BCUT2D eigenvalue weighted by Crippen LogP contribution is -2.40. The van der Waals surface area contributed by atoms with Crippen molar-refractivity contribution in [1.82, 2.24) is 15.6 Å². The Kier molecular flexibility index (Phi) is 7.96. The Balaban J connectivity index is 1.48. The zero-order valence-corrected chi connectivity index (χ0v) is 18.8. The molecule has 0 spiro atoms. The first-order valence-corrected chi connectivity index (χ1v) is 10.6. The number of halogens is 5. The predicted molar refractivity (Wildman–Crippen MR) is 117 cm³/mol. The number of alkyl halides is 3. The Bertz CT molecular complexity index is 1130. The maximum absolute atomic E-state index is 12.7. The van der Waals surface area contributed by atoms with Crippen molar-refractivity contribution in [2.75, 3.05) is 19.6 Å². The Morgan fingerprint density at radius 2 is 1.91 bits per heavy atom. The molecule has 2 aromatic carbocycles. The second-order valence-electron chi connectivity index (χ2n) is 7.20. The van der Waals surface area contributed by atoms with Crippen LogP contribution in [-0.2, 0) is 11.0 Å². The van der Waals surface area contributed by atoms with Crippen molar-refractivity contribution in [2.24, 2.45) is 10.3 Å². The number of carbonyl (C=O) groups excluding carboxylic acids is 2. The van der Waals surface area contributed by atoms with Gasteiger partial charge in [0.05, 0.1) is 35.3 Å². The van der Waals surface area contributed by atoms with E-state index in [1.807, 2.05) is 6.07 Å². The molecule has 2 N–H and O–H groups in total. The van der Waals surface area contributed by atoms with Gasteiger partial charge in [0.1, 0.15) is 6.04 Å². The van der Waals surface area contributed by atoms with E-state index in [4.69, 9.17) is 23.2 Å². The standard InChI is InChI=1S/C21H17Cl2F3N6O2/c22-14-5-6-16(23)15(9-14)19(33)28-7-8-32-11-18(30-31-32)20(34)29-17(10-27)12-1-3-13(4-2-12)21(24,25)26/h1-6,9,17-18H,7-8,11H2,(H,28,33)(H,29,34). The molecule has 13 heteroatoms. The lowest BCUT2D eigenvalue weighted by Gasteiger charge is -2.16. The van der Waals surface area contributed by atoms with Crippen LogP contribution in [0.3, 0.4) is 0 Å². The summed E-state index contributed by atoms with van der Waals surface area (Å²) in [6, 6.07) is 8.24. The molecule has 0 saturated carbocycles. The van der Waals surface area contributed by atoms with Crippen LogP contribution in [0.2, 0.25) is 10.0 Å². The van der Waals surface area contributed by atoms with Gasteiger partial charge in [-0.15, -0.1) is 0 Å².